The van der Waals surface area contributed by atoms with Gasteiger partial charge in [0, 0.05) is 23.6 Å². The smallest absolute Gasteiger partial charge is 0.419 e. The van der Waals surface area contributed by atoms with Gasteiger partial charge in [0.2, 0.25) is 0 Å². The minimum atomic E-state index is -0.590. The number of rotatable bonds is 3. The van der Waals surface area contributed by atoms with Crippen LogP contribution in [-0.4, -0.2) is 33.3 Å². The average Bonchev–Trinajstić information content (AvgIpc) is 3.32. The number of nitrogens with zero attached hydrogens (tertiary/aromatic N) is 3. The van der Waals surface area contributed by atoms with Gasteiger partial charge in [-0.3, -0.25) is 4.57 Å². The molecule has 0 atom stereocenters. The Hall–Kier alpha value is -3.79. The number of hydrogen-bond donors (Lipinski definition) is 1. The van der Waals surface area contributed by atoms with Crippen molar-refractivity contribution in [2.24, 2.45) is 0 Å². The quantitative estimate of drug-likeness (QED) is 0.503. The molecule has 0 bridgehead atoms. The number of aromatic nitrogens is 3. The summed E-state index contributed by atoms with van der Waals surface area (Å²) in [5.41, 5.74) is 4.21. The third kappa shape index (κ3) is 3.84. The van der Waals surface area contributed by atoms with Gasteiger partial charge >= 0.3 is 6.09 Å². The van der Waals surface area contributed by atoms with Gasteiger partial charge < -0.3 is 14.5 Å². The first-order valence-corrected chi connectivity index (χ1v) is 10.00. The predicted octanol–water partition coefficient (Wildman–Crippen LogP) is 5.08. The number of methoxy groups -OCH3 is 1. The molecule has 4 aromatic rings. The summed E-state index contributed by atoms with van der Waals surface area (Å²) in [5.74, 6) is 1.48. The van der Waals surface area contributed by atoms with Crippen molar-refractivity contribution in [3.8, 4) is 11.8 Å². The van der Waals surface area contributed by atoms with E-state index < -0.39 is 11.7 Å². The van der Waals surface area contributed by atoms with Gasteiger partial charge in [-0.25, -0.2) is 9.78 Å². The Kier molecular flexibility index (Phi) is 4.94. The molecule has 0 saturated heterocycles. The Balaban J connectivity index is 1.81. The fourth-order valence-electron chi connectivity index (χ4n) is 3.77. The molecule has 0 fully saturated rings. The molecule has 7 heteroatoms. The van der Waals surface area contributed by atoms with Crippen LogP contribution in [0, 0.1) is 18.3 Å². The summed E-state index contributed by atoms with van der Waals surface area (Å²) in [6, 6.07) is 11.3. The van der Waals surface area contributed by atoms with Gasteiger partial charge in [-0.1, -0.05) is 0 Å². The number of imidazole rings is 1. The van der Waals surface area contributed by atoms with Crippen LogP contribution in [0.1, 0.15) is 43.3 Å². The Morgan fingerprint density at radius 3 is 2.71 bits per heavy atom. The molecule has 158 valence electrons. The number of carbonyl (C=O) groups excluding carboxylic acids is 1. The maximum Gasteiger partial charge on any atom is 0.419 e. The van der Waals surface area contributed by atoms with Gasteiger partial charge in [-0.2, -0.15) is 5.26 Å². The largest absolute Gasteiger partial charge is 0.496 e. The molecule has 0 aliphatic carbocycles. The molecule has 7 nitrogen and oxygen atoms in total. The summed E-state index contributed by atoms with van der Waals surface area (Å²) in [6.45, 7) is 7.48. The molecule has 0 amide bonds. The average molecular weight is 416 g/mol. The molecule has 2 aromatic carbocycles. The van der Waals surface area contributed by atoms with E-state index in [9.17, 15) is 4.79 Å². The molecule has 0 aliphatic heterocycles. The lowest BCUT2D eigenvalue weighted by Crippen LogP contribution is -2.26. The SMILES string of the molecule is COc1cc(C)c2c(ccn2C(=O)OC(C)(C)C)c1Cc1nc2ccc(C#N)cc2[nH]1. The lowest BCUT2D eigenvalue weighted by Gasteiger charge is -2.20. The highest BCUT2D eigenvalue weighted by Crippen LogP contribution is 2.34. The Morgan fingerprint density at radius 1 is 1.26 bits per heavy atom. The second-order valence-electron chi connectivity index (χ2n) is 8.51. The first-order chi connectivity index (χ1) is 14.7. The number of nitrogens with one attached hydrogen (secondary N) is 1. The Bertz CT molecular complexity index is 1350. The minimum absolute atomic E-state index is 0.422. The third-order valence-electron chi connectivity index (χ3n) is 5.04. The second-order valence-corrected chi connectivity index (χ2v) is 8.51. The summed E-state index contributed by atoms with van der Waals surface area (Å²) in [6.07, 6.45) is 1.79. The van der Waals surface area contributed by atoms with E-state index in [1.54, 1.807) is 25.4 Å². The lowest BCUT2D eigenvalue weighted by atomic mass is 10.0. The fourth-order valence-corrected chi connectivity index (χ4v) is 3.77. The normalized spacial score (nSPS) is 11.6. The van der Waals surface area contributed by atoms with E-state index in [-0.39, 0.29) is 0 Å². The molecular formula is C24H24N4O3. The molecule has 0 unspecified atom stereocenters. The van der Waals surface area contributed by atoms with E-state index in [0.29, 0.717) is 12.0 Å². The Labute approximate surface area is 180 Å². The molecule has 1 N–H and O–H groups in total. The van der Waals surface area contributed by atoms with Crippen LogP contribution in [0.15, 0.2) is 36.5 Å². The zero-order valence-corrected chi connectivity index (χ0v) is 18.2. The van der Waals surface area contributed by atoms with E-state index in [4.69, 9.17) is 14.7 Å². The van der Waals surface area contributed by atoms with Gasteiger partial charge in [0.15, 0.2) is 0 Å². The number of aromatic amines is 1. The van der Waals surface area contributed by atoms with Gasteiger partial charge in [-0.05, 0) is 63.6 Å². The molecule has 2 heterocycles. The molecule has 2 aromatic heterocycles. The summed E-state index contributed by atoms with van der Waals surface area (Å²) in [5, 5.41) is 10.0. The van der Waals surface area contributed by atoms with Crippen molar-refractivity contribution in [3.05, 3.63) is 59.0 Å². The number of fused-ring (bicyclic) bond motifs is 2. The number of benzene rings is 2. The zero-order valence-electron chi connectivity index (χ0n) is 18.2. The van der Waals surface area contributed by atoms with E-state index in [1.165, 1.54) is 4.57 Å². The number of H-pyrrole nitrogens is 1. The Morgan fingerprint density at radius 2 is 2.03 bits per heavy atom. The van der Waals surface area contributed by atoms with Crippen molar-refractivity contribution in [1.29, 1.82) is 5.26 Å². The van der Waals surface area contributed by atoms with Crippen molar-refractivity contribution < 1.29 is 14.3 Å². The van der Waals surface area contributed by atoms with E-state index >= 15 is 0 Å². The zero-order chi connectivity index (χ0) is 22.3. The van der Waals surface area contributed by atoms with Crippen molar-refractivity contribution in [2.45, 2.75) is 39.7 Å². The topological polar surface area (TPSA) is 92.9 Å². The molecule has 0 saturated carbocycles. The van der Waals surface area contributed by atoms with Crippen LogP contribution in [0.4, 0.5) is 4.79 Å². The summed E-state index contributed by atoms with van der Waals surface area (Å²) in [4.78, 5) is 20.7. The van der Waals surface area contributed by atoms with Crippen LogP contribution >= 0.6 is 0 Å². The van der Waals surface area contributed by atoms with Crippen molar-refractivity contribution >= 4 is 28.0 Å². The first-order valence-electron chi connectivity index (χ1n) is 10.00. The second kappa shape index (κ2) is 7.47. The fraction of sp³-hybridized carbons (Fsp3) is 0.292. The van der Waals surface area contributed by atoms with Crippen LogP contribution in [0.5, 0.6) is 5.75 Å². The molecule has 0 aliphatic rings. The van der Waals surface area contributed by atoms with Crippen molar-refractivity contribution in [2.75, 3.05) is 7.11 Å². The standard InChI is InChI=1S/C24H24N4O3/c1-14-10-20(30-5)17(12-21-26-18-7-6-15(13-25)11-19(18)27-21)16-8-9-28(22(14)16)23(29)31-24(2,3)4/h6-11H,12H2,1-5H3,(H,26,27). The van der Waals surface area contributed by atoms with E-state index in [2.05, 4.69) is 16.0 Å². The van der Waals surface area contributed by atoms with Crippen LogP contribution < -0.4 is 4.74 Å². The monoisotopic (exact) mass is 416 g/mol. The van der Waals surface area contributed by atoms with Crippen LogP contribution in [0.3, 0.4) is 0 Å². The van der Waals surface area contributed by atoms with E-state index in [1.807, 2.05) is 45.9 Å². The molecule has 31 heavy (non-hydrogen) atoms. The van der Waals surface area contributed by atoms with Gasteiger partial charge in [0.25, 0.3) is 0 Å². The van der Waals surface area contributed by atoms with Gasteiger partial charge in [0.1, 0.15) is 17.2 Å². The van der Waals surface area contributed by atoms with Crippen molar-refractivity contribution in [1.82, 2.24) is 14.5 Å². The summed E-state index contributed by atoms with van der Waals surface area (Å²) >= 11 is 0. The highest BCUT2D eigenvalue weighted by Gasteiger charge is 2.22. The van der Waals surface area contributed by atoms with Crippen molar-refractivity contribution in [3.63, 3.8) is 0 Å². The maximum atomic E-state index is 12.8. The number of ether oxygens (including phenoxy) is 2. The highest BCUT2D eigenvalue weighted by atomic mass is 16.6. The molecule has 0 radical (unpaired) electrons. The summed E-state index contributed by atoms with van der Waals surface area (Å²) in [7, 11) is 1.63. The lowest BCUT2D eigenvalue weighted by molar-refractivity contribution is 0.0544. The molecular weight excluding hydrogens is 392 g/mol. The number of carbonyl (C=O) groups is 1. The summed E-state index contributed by atoms with van der Waals surface area (Å²) < 4.78 is 12.8. The third-order valence-corrected chi connectivity index (χ3v) is 5.04. The minimum Gasteiger partial charge on any atom is -0.496 e. The van der Waals surface area contributed by atoms with E-state index in [0.717, 1.165) is 44.6 Å². The predicted molar refractivity (Wildman–Crippen MR) is 118 cm³/mol. The number of nitriles is 1. The van der Waals surface area contributed by atoms with Crippen LogP contribution in [0.25, 0.3) is 21.9 Å². The maximum absolute atomic E-state index is 12.8. The first kappa shape index (κ1) is 20.5. The number of aryl methyl sites for hydroxylation is 1. The number of hydrogen-bond acceptors (Lipinski definition) is 5. The molecule has 0 spiro atoms. The van der Waals surface area contributed by atoms with Gasteiger partial charge in [0.05, 0.1) is 35.3 Å². The van der Waals surface area contributed by atoms with Gasteiger partial charge in [-0.15, -0.1) is 0 Å². The van der Waals surface area contributed by atoms with Crippen LogP contribution in [-0.2, 0) is 11.2 Å². The molecule has 4 rings (SSSR count). The highest BCUT2D eigenvalue weighted by molar-refractivity contribution is 5.95. The van der Waals surface area contributed by atoms with Crippen LogP contribution in [0.2, 0.25) is 0 Å².